The van der Waals surface area contributed by atoms with Crippen LogP contribution in [-0.2, 0) is 24.1 Å². The summed E-state index contributed by atoms with van der Waals surface area (Å²) >= 11 is 0. The zero-order valence-electron chi connectivity index (χ0n) is 12.6. The minimum atomic E-state index is -0.541. The molecule has 0 saturated carbocycles. The first kappa shape index (κ1) is 17.1. The Balaban J connectivity index is 2.02. The molecule has 0 aromatic rings. The molecular weight excluding hydrogens is 276 g/mol. The molecule has 0 aliphatic carbocycles. The van der Waals surface area contributed by atoms with Crippen molar-refractivity contribution in [1.29, 1.82) is 0 Å². The fourth-order valence-electron chi connectivity index (χ4n) is 1.77. The first-order chi connectivity index (χ1) is 10.0. The summed E-state index contributed by atoms with van der Waals surface area (Å²) in [7, 11) is 0. The highest BCUT2D eigenvalue weighted by Gasteiger charge is 2.32. The summed E-state index contributed by atoms with van der Waals surface area (Å²) in [5.41, 5.74) is 0.878. The molecule has 0 unspecified atom stereocenters. The predicted octanol–water partition coefficient (Wildman–Crippen LogP) is 1.96. The number of hydrogen-bond donors (Lipinski definition) is 0. The highest BCUT2D eigenvalue weighted by molar-refractivity contribution is 6.01. The number of oxime groups is 1. The van der Waals surface area contributed by atoms with Crippen LogP contribution in [0.2, 0.25) is 0 Å². The van der Waals surface area contributed by atoms with E-state index in [1.54, 1.807) is 0 Å². The Hall–Kier alpha value is -1.92. The van der Waals surface area contributed by atoms with Crippen LogP contribution in [0.3, 0.4) is 0 Å². The van der Waals surface area contributed by atoms with Crippen LogP contribution >= 0.6 is 0 Å². The number of carbonyl (C=O) groups excluding carboxylic acids is 3. The van der Waals surface area contributed by atoms with Crippen molar-refractivity contribution in [2.45, 2.75) is 58.8 Å². The third-order valence-corrected chi connectivity index (χ3v) is 2.81. The average Bonchev–Trinajstić information content (AvgIpc) is 2.73. The van der Waals surface area contributed by atoms with Gasteiger partial charge in [-0.05, 0) is 33.1 Å². The molecule has 118 valence electrons. The minimum absolute atomic E-state index is 0.117. The van der Waals surface area contributed by atoms with Crippen LogP contribution in [0.25, 0.3) is 0 Å². The number of hydroxylamine groups is 2. The Labute approximate surface area is 124 Å². The van der Waals surface area contributed by atoms with Gasteiger partial charge in [-0.25, -0.2) is 4.79 Å². The van der Waals surface area contributed by atoms with Gasteiger partial charge in [0, 0.05) is 19.3 Å². The highest BCUT2D eigenvalue weighted by atomic mass is 16.7. The van der Waals surface area contributed by atoms with E-state index in [2.05, 4.69) is 5.16 Å². The number of carbonyl (C=O) groups is 3. The highest BCUT2D eigenvalue weighted by Crippen LogP contribution is 2.13. The number of hydrogen-bond acceptors (Lipinski definition) is 6. The predicted molar refractivity (Wildman–Crippen MR) is 75.0 cm³/mol. The summed E-state index contributed by atoms with van der Waals surface area (Å²) < 4.78 is 0. The quantitative estimate of drug-likeness (QED) is 0.281. The Kier molecular flexibility index (Phi) is 7.42. The fraction of sp³-hybridized carbons (Fsp3) is 0.714. The molecule has 1 heterocycles. The zero-order valence-corrected chi connectivity index (χ0v) is 12.6. The van der Waals surface area contributed by atoms with Crippen molar-refractivity contribution in [2.75, 3.05) is 6.61 Å². The van der Waals surface area contributed by atoms with Crippen molar-refractivity contribution in [3.8, 4) is 0 Å². The largest absolute Gasteiger partial charge is 0.396 e. The van der Waals surface area contributed by atoms with E-state index in [0.29, 0.717) is 18.1 Å². The number of rotatable bonds is 9. The smallest absolute Gasteiger partial charge is 0.333 e. The van der Waals surface area contributed by atoms with Crippen LogP contribution in [0, 0.1) is 0 Å². The van der Waals surface area contributed by atoms with Gasteiger partial charge in [-0.2, -0.15) is 0 Å². The van der Waals surface area contributed by atoms with Crippen molar-refractivity contribution < 1.29 is 24.1 Å². The van der Waals surface area contributed by atoms with Crippen LogP contribution in [0.4, 0.5) is 0 Å². The molecule has 0 N–H and O–H groups in total. The summed E-state index contributed by atoms with van der Waals surface area (Å²) in [5, 5.41) is 4.40. The molecule has 1 aliphatic heterocycles. The zero-order chi connectivity index (χ0) is 15.7. The molecule has 0 radical (unpaired) electrons. The monoisotopic (exact) mass is 298 g/mol. The molecule has 0 atom stereocenters. The van der Waals surface area contributed by atoms with E-state index in [4.69, 9.17) is 9.68 Å². The van der Waals surface area contributed by atoms with Gasteiger partial charge in [-0.1, -0.05) is 11.6 Å². The summed E-state index contributed by atoms with van der Waals surface area (Å²) in [6, 6.07) is 0. The lowest BCUT2D eigenvalue weighted by Gasteiger charge is -2.12. The molecule has 7 heteroatoms. The maximum absolute atomic E-state index is 11.5. The number of nitrogens with zero attached hydrogens (tertiary/aromatic N) is 2. The number of amides is 2. The van der Waals surface area contributed by atoms with E-state index in [0.717, 1.165) is 25.0 Å². The molecule has 0 aromatic carbocycles. The number of unbranched alkanes of at least 4 members (excludes halogenated alkanes) is 3. The van der Waals surface area contributed by atoms with Crippen molar-refractivity contribution in [2.24, 2.45) is 5.16 Å². The molecule has 1 aliphatic rings. The van der Waals surface area contributed by atoms with Gasteiger partial charge < -0.3 is 9.68 Å². The summed E-state index contributed by atoms with van der Waals surface area (Å²) in [6.07, 6.45) is 3.74. The minimum Gasteiger partial charge on any atom is -0.396 e. The Morgan fingerprint density at radius 2 is 1.71 bits per heavy atom. The van der Waals surface area contributed by atoms with Gasteiger partial charge in [-0.15, -0.1) is 5.06 Å². The Bertz CT molecular complexity index is 400. The second-order valence-corrected chi connectivity index (χ2v) is 5.08. The van der Waals surface area contributed by atoms with E-state index < -0.39 is 17.8 Å². The van der Waals surface area contributed by atoms with E-state index >= 15 is 0 Å². The van der Waals surface area contributed by atoms with Crippen LogP contribution in [0.5, 0.6) is 0 Å². The summed E-state index contributed by atoms with van der Waals surface area (Å²) in [5.74, 6) is -1.43. The van der Waals surface area contributed by atoms with Crippen LogP contribution in [-0.4, -0.2) is 35.2 Å². The maximum atomic E-state index is 11.5. The molecule has 1 saturated heterocycles. The van der Waals surface area contributed by atoms with Gasteiger partial charge in [-0.3, -0.25) is 9.59 Å². The van der Waals surface area contributed by atoms with Gasteiger partial charge >= 0.3 is 5.97 Å². The van der Waals surface area contributed by atoms with Gasteiger partial charge in [0.15, 0.2) is 0 Å². The SMILES string of the molecule is CC(C)=NOCCCCCCC(=O)ON1C(=O)CCC1=O. The fourth-order valence-corrected chi connectivity index (χ4v) is 1.77. The third kappa shape index (κ3) is 6.87. The lowest BCUT2D eigenvalue weighted by Crippen LogP contribution is -2.31. The molecule has 0 bridgehead atoms. The van der Waals surface area contributed by atoms with Crippen LogP contribution < -0.4 is 0 Å². The molecule has 2 amide bonds. The molecule has 21 heavy (non-hydrogen) atoms. The molecule has 1 fully saturated rings. The lowest BCUT2D eigenvalue weighted by atomic mass is 10.1. The molecule has 0 aromatic heterocycles. The van der Waals surface area contributed by atoms with E-state index in [1.807, 2.05) is 13.8 Å². The maximum Gasteiger partial charge on any atom is 0.333 e. The van der Waals surface area contributed by atoms with Crippen molar-refractivity contribution >= 4 is 23.5 Å². The average molecular weight is 298 g/mol. The van der Waals surface area contributed by atoms with Gasteiger partial charge in [0.05, 0.1) is 5.71 Å². The second kappa shape index (κ2) is 9.10. The van der Waals surface area contributed by atoms with Crippen molar-refractivity contribution in [1.82, 2.24) is 5.06 Å². The number of imide groups is 1. The molecule has 0 spiro atoms. The van der Waals surface area contributed by atoms with E-state index in [-0.39, 0.29) is 19.3 Å². The van der Waals surface area contributed by atoms with Crippen LogP contribution in [0.15, 0.2) is 5.16 Å². The first-order valence-electron chi connectivity index (χ1n) is 7.20. The Morgan fingerprint density at radius 3 is 2.33 bits per heavy atom. The summed E-state index contributed by atoms with van der Waals surface area (Å²) in [6.45, 7) is 4.29. The van der Waals surface area contributed by atoms with Gasteiger partial charge in [0.25, 0.3) is 11.8 Å². The molecule has 7 nitrogen and oxygen atoms in total. The lowest BCUT2D eigenvalue weighted by molar-refractivity contribution is -0.197. The van der Waals surface area contributed by atoms with Gasteiger partial charge in [0.2, 0.25) is 0 Å². The second-order valence-electron chi connectivity index (χ2n) is 5.08. The standard InChI is InChI=1S/C14H22N2O5/c1-11(2)15-20-10-6-4-3-5-7-14(19)21-16-12(17)8-9-13(16)18/h3-10H2,1-2H3. The van der Waals surface area contributed by atoms with Crippen LogP contribution in [0.1, 0.15) is 58.8 Å². The van der Waals surface area contributed by atoms with Crippen molar-refractivity contribution in [3.05, 3.63) is 0 Å². The van der Waals surface area contributed by atoms with Crippen molar-refractivity contribution in [3.63, 3.8) is 0 Å². The molecule has 1 rings (SSSR count). The van der Waals surface area contributed by atoms with Gasteiger partial charge in [0.1, 0.15) is 6.61 Å². The van der Waals surface area contributed by atoms with E-state index in [1.165, 1.54) is 0 Å². The normalized spacial score (nSPS) is 14.3. The van der Waals surface area contributed by atoms with E-state index in [9.17, 15) is 14.4 Å². The topological polar surface area (TPSA) is 85.3 Å². The molecular formula is C14H22N2O5. The summed E-state index contributed by atoms with van der Waals surface area (Å²) in [4.78, 5) is 43.8. The third-order valence-electron chi connectivity index (χ3n) is 2.81. The Morgan fingerprint density at radius 1 is 1.10 bits per heavy atom. The first-order valence-corrected chi connectivity index (χ1v) is 7.20.